The molecule has 0 saturated heterocycles. The second kappa shape index (κ2) is 10.3. The molecule has 2 rings (SSSR count). The summed E-state index contributed by atoms with van der Waals surface area (Å²) < 4.78 is 5.39. The fourth-order valence-electron chi connectivity index (χ4n) is 2.42. The van der Waals surface area contributed by atoms with Crippen LogP contribution in [0.4, 0.5) is 0 Å². The summed E-state index contributed by atoms with van der Waals surface area (Å²) in [7, 11) is 1.78. The maximum absolute atomic E-state index is 5.39. The van der Waals surface area contributed by atoms with Gasteiger partial charge in [-0.2, -0.15) is 0 Å². The van der Waals surface area contributed by atoms with Gasteiger partial charge in [0.05, 0.1) is 5.69 Å². The summed E-state index contributed by atoms with van der Waals surface area (Å²) in [4.78, 5) is 4.27. The first-order chi connectivity index (χ1) is 11.2. The van der Waals surface area contributed by atoms with Crippen LogP contribution in [0.1, 0.15) is 42.0 Å². The molecule has 0 fully saturated rings. The lowest BCUT2D eigenvalue weighted by Gasteiger charge is -2.12. The maximum Gasteiger partial charge on any atom is 0.191 e. The van der Waals surface area contributed by atoms with Crippen LogP contribution >= 0.6 is 24.0 Å². The molecule has 0 unspecified atom stereocenters. The molecule has 0 spiro atoms. The molecular formula is C18H27IN4O. The number of guanidine groups is 1. The Bertz CT molecular complexity index is 628. The van der Waals surface area contributed by atoms with Gasteiger partial charge in [0.25, 0.3) is 0 Å². The van der Waals surface area contributed by atoms with E-state index in [1.54, 1.807) is 7.05 Å². The summed E-state index contributed by atoms with van der Waals surface area (Å²) in [5, 5.41) is 10.8. The standard InChI is InChI=1S/C18H26N4O.HI/c1-5-16-15(17(6-2)23-22-16)12-21-18(19-4)20-11-14-9-7-13(3)8-10-14;/h7-10H,5-6,11-12H2,1-4H3,(H2,19,20,21);1H. The average molecular weight is 442 g/mol. The van der Waals surface area contributed by atoms with Gasteiger partial charge >= 0.3 is 0 Å². The van der Waals surface area contributed by atoms with Gasteiger partial charge in [-0.25, -0.2) is 0 Å². The lowest BCUT2D eigenvalue weighted by molar-refractivity contribution is 0.380. The SMILES string of the molecule is CCc1noc(CC)c1CNC(=NC)NCc1ccc(C)cc1.I. The number of aliphatic imine (C=N–C) groups is 1. The highest BCUT2D eigenvalue weighted by atomic mass is 127. The van der Waals surface area contributed by atoms with Crippen LogP contribution in [0.25, 0.3) is 0 Å². The van der Waals surface area contributed by atoms with Crippen molar-refractivity contribution in [2.24, 2.45) is 4.99 Å². The lowest BCUT2D eigenvalue weighted by atomic mass is 10.1. The first-order valence-electron chi connectivity index (χ1n) is 8.14. The largest absolute Gasteiger partial charge is 0.361 e. The van der Waals surface area contributed by atoms with Crippen molar-refractivity contribution in [1.82, 2.24) is 15.8 Å². The second-order valence-corrected chi connectivity index (χ2v) is 5.50. The van der Waals surface area contributed by atoms with E-state index in [2.05, 4.69) is 65.8 Å². The van der Waals surface area contributed by atoms with Crippen LogP contribution in [0.5, 0.6) is 0 Å². The van der Waals surface area contributed by atoms with Crippen LogP contribution in [-0.2, 0) is 25.9 Å². The fourth-order valence-corrected chi connectivity index (χ4v) is 2.42. The first kappa shape index (κ1) is 20.5. The minimum Gasteiger partial charge on any atom is -0.361 e. The van der Waals surface area contributed by atoms with E-state index in [-0.39, 0.29) is 24.0 Å². The number of hydrogen-bond acceptors (Lipinski definition) is 3. The molecule has 0 aliphatic carbocycles. The Morgan fingerprint density at radius 1 is 1.08 bits per heavy atom. The van der Waals surface area contributed by atoms with Crippen LogP contribution < -0.4 is 10.6 Å². The molecule has 2 N–H and O–H groups in total. The van der Waals surface area contributed by atoms with E-state index >= 15 is 0 Å². The zero-order chi connectivity index (χ0) is 16.7. The smallest absolute Gasteiger partial charge is 0.191 e. The molecule has 1 heterocycles. The van der Waals surface area contributed by atoms with E-state index in [9.17, 15) is 0 Å². The molecule has 0 atom stereocenters. The van der Waals surface area contributed by atoms with Crippen LogP contribution in [-0.4, -0.2) is 18.2 Å². The predicted octanol–water partition coefficient (Wildman–Crippen LogP) is 3.59. The quantitative estimate of drug-likeness (QED) is 0.408. The molecule has 0 amide bonds. The minimum absolute atomic E-state index is 0. The highest BCUT2D eigenvalue weighted by Gasteiger charge is 2.13. The molecule has 6 heteroatoms. The van der Waals surface area contributed by atoms with Crippen LogP contribution in [0.3, 0.4) is 0 Å². The molecule has 24 heavy (non-hydrogen) atoms. The Morgan fingerprint density at radius 3 is 2.33 bits per heavy atom. The van der Waals surface area contributed by atoms with Gasteiger partial charge in [-0.1, -0.05) is 48.8 Å². The fraction of sp³-hybridized carbons (Fsp3) is 0.444. The van der Waals surface area contributed by atoms with Gasteiger partial charge in [0.1, 0.15) is 5.76 Å². The minimum atomic E-state index is 0. The van der Waals surface area contributed by atoms with Gasteiger partial charge in [0, 0.05) is 32.1 Å². The van der Waals surface area contributed by atoms with E-state index in [4.69, 9.17) is 4.52 Å². The van der Waals surface area contributed by atoms with E-state index < -0.39 is 0 Å². The van der Waals surface area contributed by atoms with Gasteiger partial charge in [-0.05, 0) is 18.9 Å². The molecule has 0 saturated carbocycles. The highest BCUT2D eigenvalue weighted by molar-refractivity contribution is 14.0. The Balaban J connectivity index is 0.00000288. The van der Waals surface area contributed by atoms with Crippen molar-refractivity contribution in [3.63, 3.8) is 0 Å². The van der Waals surface area contributed by atoms with Crippen molar-refractivity contribution in [2.75, 3.05) is 7.05 Å². The van der Waals surface area contributed by atoms with Gasteiger partial charge < -0.3 is 15.2 Å². The molecule has 1 aromatic heterocycles. The van der Waals surface area contributed by atoms with Gasteiger partial charge in [0.2, 0.25) is 0 Å². The second-order valence-electron chi connectivity index (χ2n) is 5.50. The summed E-state index contributed by atoms with van der Waals surface area (Å²) >= 11 is 0. The average Bonchev–Trinajstić information content (AvgIpc) is 2.98. The number of hydrogen-bond donors (Lipinski definition) is 2. The van der Waals surface area contributed by atoms with Crippen molar-refractivity contribution in [3.05, 3.63) is 52.4 Å². The van der Waals surface area contributed by atoms with E-state index in [0.29, 0.717) is 6.54 Å². The van der Waals surface area contributed by atoms with Crippen molar-refractivity contribution in [3.8, 4) is 0 Å². The maximum atomic E-state index is 5.39. The summed E-state index contributed by atoms with van der Waals surface area (Å²) in [5.41, 5.74) is 4.66. The van der Waals surface area contributed by atoms with Gasteiger partial charge in [-0.3, -0.25) is 4.99 Å². The summed E-state index contributed by atoms with van der Waals surface area (Å²) in [5.74, 6) is 1.72. The van der Waals surface area contributed by atoms with Crippen LogP contribution in [0, 0.1) is 6.92 Å². The van der Waals surface area contributed by atoms with E-state index in [0.717, 1.165) is 42.4 Å². The zero-order valence-corrected chi connectivity index (χ0v) is 17.2. The number of aromatic nitrogens is 1. The molecule has 2 aromatic rings. The predicted molar refractivity (Wildman–Crippen MR) is 109 cm³/mol. The highest BCUT2D eigenvalue weighted by Crippen LogP contribution is 2.15. The third kappa shape index (κ3) is 5.51. The Kier molecular flexibility index (Phi) is 8.81. The lowest BCUT2D eigenvalue weighted by Crippen LogP contribution is -2.36. The zero-order valence-electron chi connectivity index (χ0n) is 14.8. The first-order valence-corrected chi connectivity index (χ1v) is 8.14. The molecular weight excluding hydrogens is 415 g/mol. The van der Waals surface area contributed by atoms with Crippen molar-refractivity contribution >= 4 is 29.9 Å². The van der Waals surface area contributed by atoms with E-state index in [1.807, 2.05) is 0 Å². The number of rotatable bonds is 6. The topological polar surface area (TPSA) is 62.5 Å². The van der Waals surface area contributed by atoms with E-state index in [1.165, 1.54) is 11.1 Å². The normalized spacial score (nSPS) is 11.1. The monoisotopic (exact) mass is 442 g/mol. The number of nitrogens with one attached hydrogen (secondary N) is 2. The van der Waals surface area contributed by atoms with Crippen LogP contribution in [0.15, 0.2) is 33.8 Å². The Labute approximate surface area is 161 Å². The van der Waals surface area contributed by atoms with Crippen molar-refractivity contribution in [1.29, 1.82) is 0 Å². The third-order valence-corrected chi connectivity index (χ3v) is 3.84. The molecule has 0 aliphatic heterocycles. The third-order valence-electron chi connectivity index (χ3n) is 3.84. The number of benzene rings is 1. The van der Waals surface area contributed by atoms with Crippen LogP contribution in [0.2, 0.25) is 0 Å². The van der Waals surface area contributed by atoms with Gasteiger partial charge in [0.15, 0.2) is 5.96 Å². The van der Waals surface area contributed by atoms with Crippen molar-refractivity contribution in [2.45, 2.75) is 46.7 Å². The number of nitrogens with zero attached hydrogens (tertiary/aromatic N) is 2. The van der Waals surface area contributed by atoms with Crippen molar-refractivity contribution < 1.29 is 4.52 Å². The van der Waals surface area contributed by atoms with Gasteiger partial charge in [-0.15, -0.1) is 24.0 Å². The Hall–Kier alpha value is -1.57. The molecule has 5 nitrogen and oxygen atoms in total. The Morgan fingerprint density at radius 2 is 1.75 bits per heavy atom. The molecule has 1 aromatic carbocycles. The summed E-state index contributed by atoms with van der Waals surface area (Å²) in [6.45, 7) is 7.67. The molecule has 132 valence electrons. The molecule has 0 aliphatic rings. The molecule has 0 bridgehead atoms. The summed E-state index contributed by atoms with van der Waals surface area (Å²) in [6.07, 6.45) is 1.72. The number of aryl methyl sites for hydroxylation is 3. The summed E-state index contributed by atoms with van der Waals surface area (Å²) in [6, 6.07) is 8.48. The molecule has 0 radical (unpaired) electrons. The number of halogens is 1.